The Morgan fingerprint density at radius 2 is 1.95 bits per heavy atom. The number of carbonyl (C=O) groups excluding carboxylic acids is 3. The van der Waals surface area contributed by atoms with Crippen LogP contribution in [0, 0.1) is 5.92 Å². The zero-order valence-electron chi connectivity index (χ0n) is 20.9. The monoisotopic (exact) mass is 556 g/mol. The topological polar surface area (TPSA) is 138 Å². The molecule has 0 saturated heterocycles. The lowest BCUT2D eigenvalue weighted by atomic mass is 9.99. The van der Waals surface area contributed by atoms with E-state index < -0.39 is 18.6 Å². The Balaban J connectivity index is 1.13. The summed E-state index contributed by atoms with van der Waals surface area (Å²) in [5.74, 6) is -1.02. The van der Waals surface area contributed by atoms with Crippen LogP contribution in [0.15, 0.2) is 59.7 Å². The van der Waals surface area contributed by atoms with Gasteiger partial charge in [0.25, 0.3) is 5.56 Å². The number of esters is 1. The van der Waals surface area contributed by atoms with Gasteiger partial charge in [0.05, 0.1) is 5.69 Å². The average molecular weight is 557 g/mol. The number of nitrogens with one attached hydrogen (secondary N) is 1. The largest absolute Gasteiger partial charge is 0.456 e. The molecule has 1 saturated carbocycles. The quantitative estimate of drug-likeness (QED) is 0.282. The molecule has 4 aromatic rings. The Kier molecular flexibility index (Phi) is 5.63. The van der Waals surface area contributed by atoms with Crippen LogP contribution in [0.2, 0.25) is 5.02 Å². The van der Waals surface area contributed by atoms with Crippen LogP contribution in [0.1, 0.15) is 46.4 Å². The number of nitrogens with zero attached hydrogens (tertiary/aromatic N) is 5. The van der Waals surface area contributed by atoms with E-state index in [0.717, 1.165) is 17.7 Å². The van der Waals surface area contributed by atoms with E-state index in [0.29, 0.717) is 45.9 Å². The van der Waals surface area contributed by atoms with Crippen molar-refractivity contribution in [2.75, 3.05) is 11.9 Å². The predicted molar refractivity (Wildman–Crippen MR) is 142 cm³/mol. The Morgan fingerprint density at radius 3 is 2.77 bits per heavy atom. The van der Waals surface area contributed by atoms with Gasteiger partial charge < -0.3 is 10.1 Å². The number of anilines is 1. The van der Waals surface area contributed by atoms with Gasteiger partial charge in [-0.1, -0.05) is 11.6 Å². The van der Waals surface area contributed by atoms with Crippen LogP contribution >= 0.6 is 11.6 Å². The Labute approximate surface area is 231 Å². The summed E-state index contributed by atoms with van der Waals surface area (Å²) in [6, 6.07) is 12.8. The fourth-order valence-corrected chi connectivity index (χ4v) is 5.96. The molecule has 3 aliphatic rings. The van der Waals surface area contributed by atoms with Crippen molar-refractivity contribution in [1.29, 1.82) is 0 Å². The number of amides is 1. The van der Waals surface area contributed by atoms with Gasteiger partial charge in [0.15, 0.2) is 12.4 Å². The first kappa shape index (κ1) is 24.4. The van der Waals surface area contributed by atoms with Crippen LogP contribution in [-0.2, 0) is 20.7 Å². The minimum absolute atomic E-state index is 0.0485. The highest BCUT2D eigenvalue weighted by Crippen LogP contribution is 2.59. The molecule has 0 radical (unpaired) electrons. The summed E-state index contributed by atoms with van der Waals surface area (Å²) in [6.45, 7) is -0.433. The molecule has 0 bridgehead atoms. The summed E-state index contributed by atoms with van der Waals surface area (Å²) in [4.78, 5) is 51.0. The number of hydrogen-bond acceptors (Lipinski definition) is 8. The standard InChI is InChI=1S/C28H21ClN6O5/c29-17-3-5-22(34-13-30-32-33-34)18(10-17)16-8-23-19-11-20(19)27(35(23)26(38)9-16)28(39)40-12-24(36)15-1-4-21-14(7-15)2-6-25(37)31-21/h1,3-5,7-10,13,19-20,27H,2,6,11-12H2,(H,31,37)/t19-,20+,27+/m1/s1. The SMILES string of the molecule is O=C1CCc2cc(C(=O)COC(=O)[C@@H]3[C@H]4C[C@H]4c4cc(-c5cc(Cl)ccc5-n5cnnn5)cc(=O)n43)ccc2N1. The van der Waals surface area contributed by atoms with E-state index in [-0.39, 0.29) is 29.1 Å². The normalized spacial score (nSPS) is 20.2. The lowest BCUT2D eigenvalue weighted by Gasteiger charge is -2.19. The number of fused-ring (bicyclic) bond motifs is 4. The van der Waals surface area contributed by atoms with Gasteiger partial charge in [-0.05, 0) is 82.8 Å². The van der Waals surface area contributed by atoms with Crippen molar-refractivity contribution >= 4 is 34.9 Å². The molecule has 40 heavy (non-hydrogen) atoms. The van der Waals surface area contributed by atoms with E-state index in [1.165, 1.54) is 21.6 Å². The molecule has 1 fully saturated rings. The maximum absolute atomic E-state index is 13.4. The molecule has 2 aromatic heterocycles. The van der Waals surface area contributed by atoms with Crippen molar-refractivity contribution in [3.8, 4) is 16.8 Å². The van der Waals surface area contributed by atoms with Crippen LogP contribution in [0.4, 0.5) is 5.69 Å². The van der Waals surface area contributed by atoms with Crippen LogP contribution in [0.3, 0.4) is 0 Å². The minimum Gasteiger partial charge on any atom is -0.456 e. The van der Waals surface area contributed by atoms with Gasteiger partial charge in [-0.3, -0.25) is 19.0 Å². The highest BCUT2D eigenvalue weighted by molar-refractivity contribution is 6.31. The molecule has 0 spiro atoms. The van der Waals surface area contributed by atoms with E-state index >= 15 is 0 Å². The van der Waals surface area contributed by atoms with Crippen molar-refractivity contribution in [3.05, 3.63) is 87.1 Å². The van der Waals surface area contributed by atoms with Crippen LogP contribution in [0.5, 0.6) is 0 Å². The number of aryl methyl sites for hydroxylation is 1. The molecule has 200 valence electrons. The molecule has 11 nitrogen and oxygen atoms in total. The molecule has 0 unspecified atom stereocenters. The molecule has 1 N–H and O–H groups in total. The zero-order valence-corrected chi connectivity index (χ0v) is 21.7. The van der Waals surface area contributed by atoms with Crippen molar-refractivity contribution in [2.45, 2.75) is 31.2 Å². The number of ketones is 1. The maximum Gasteiger partial charge on any atom is 0.330 e. The van der Waals surface area contributed by atoms with Gasteiger partial charge in [0.2, 0.25) is 5.91 Å². The average Bonchev–Trinajstić information content (AvgIpc) is 3.38. The Bertz CT molecular complexity index is 1780. The van der Waals surface area contributed by atoms with Gasteiger partial charge in [-0.15, -0.1) is 5.10 Å². The summed E-state index contributed by atoms with van der Waals surface area (Å²) in [7, 11) is 0. The first-order valence-corrected chi connectivity index (χ1v) is 13.2. The molecule has 3 atom stereocenters. The number of aromatic nitrogens is 5. The molecule has 7 rings (SSSR count). The second-order valence-corrected chi connectivity index (χ2v) is 10.6. The summed E-state index contributed by atoms with van der Waals surface area (Å²) >= 11 is 6.28. The van der Waals surface area contributed by atoms with Crippen molar-refractivity contribution < 1.29 is 19.1 Å². The van der Waals surface area contributed by atoms with Gasteiger partial charge in [0, 0.05) is 45.9 Å². The lowest BCUT2D eigenvalue weighted by molar-refractivity contribution is -0.147. The first-order valence-electron chi connectivity index (χ1n) is 12.8. The van der Waals surface area contributed by atoms with Gasteiger partial charge in [0.1, 0.15) is 12.4 Å². The van der Waals surface area contributed by atoms with E-state index in [2.05, 4.69) is 20.8 Å². The van der Waals surface area contributed by atoms with Crippen molar-refractivity contribution in [2.24, 2.45) is 5.92 Å². The number of Topliss-reactive ketones (excluding diaryl/α,β-unsaturated/α-hetero) is 1. The summed E-state index contributed by atoms with van der Waals surface area (Å²) in [5.41, 5.74) is 4.35. The molecule has 12 heteroatoms. The lowest BCUT2D eigenvalue weighted by Crippen LogP contribution is -2.32. The number of carbonyl (C=O) groups is 3. The fraction of sp³-hybridized carbons (Fsp3) is 0.250. The summed E-state index contributed by atoms with van der Waals surface area (Å²) < 4.78 is 8.43. The van der Waals surface area contributed by atoms with E-state index in [4.69, 9.17) is 16.3 Å². The molecule has 1 aliphatic carbocycles. The van der Waals surface area contributed by atoms with Gasteiger partial charge in [-0.25, -0.2) is 4.79 Å². The Morgan fingerprint density at radius 1 is 1.07 bits per heavy atom. The van der Waals surface area contributed by atoms with Crippen LogP contribution in [0.25, 0.3) is 16.8 Å². The van der Waals surface area contributed by atoms with Crippen molar-refractivity contribution in [3.63, 3.8) is 0 Å². The Hall–Kier alpha value is -4.64. The predicted octanol–water partition coefficient (Wildman–Crippen LogP) is 3.11. The number of rotatable bonds is 6. The third kappa shape index (κ3) is 4.10. The fourth-order valence-electron chi connectivity index (χ4n) is 5.79. The third-order valence-corrected chi connectivity index (χ3v) is 8.01. The molecule has 1 amide bonds. The highest BCUT2D eigenvalue weighted by Gasteiger charge is 2.56. The van der Waals surface area contributed by atoms with Crippen LogP contribution in [-0.4, -0.2) is 49.0 Å². The maximum atomic E-state index is 13.4. The zero-order chi connectivity index (χ0) is 27.5. The summed E-state index contributed by atoms with van der Waals surface area (Å²) in [6.07, 6.45) is 3.11. The number of halogens is 1. The molecule has 2 aliphatic heterocycles. The van der Waals surface area contributed by atoms with E-state index in [1.54, 1.807) is 36.4 Å². The second-order valence-electron chi connectivity index (χ2n) is 10.2. The number of benzene rings is 2. The van der Waals surface area contributed by atoms with Crippen molar-refractivity contribution in [1.82, 2.24) is 24.8 Å². The van der Waals surface area contributed by atoms with Crippen LogP contribution < -0.4 is 10.9 Å². The van der Waals surface area contributed by atoms with Gasteiger partial charge in [-0.2, -0.15) is 4.68 Å². The second kappa shape index (κ2) is 9.23. The highest BCUT2D eigenvalue weighted by atomic mass is 35.5. The van der Waals surface area contributed by atoms with E-state index in [1.807, 2.05) is 6.07 Å². The molecule has 2 aromatic carbocycles. The molecular weight excluding hydrogens is 536 g/mol. The number of hydrogen-bond donors (Lipinski definition) is 1. The van der Waals surface area contributed by atoms with Gasteiger partial charge >= 0.3 is 5.97 Å². The number of tetrazole rings is 1. The first-order chi connectivity index (χ1) is 19.4. The number of ether oxygens (including phenoxy) is 1. The molecular formula is C28H21ClN6O5. The number of pyridine rings is 1. The molecule has 4 heterocycles. The van der Waals surface area contributed by atoms with E-state index in [9.17, 15) is 19.2 Å². The smallest absolute Gasteiger partial charge is 0.330 e. The summed E-state index contributed by atoms with van der Waals surface area (Å²) in [5, 5.41) is 14.6. The third-order valence-electron chi connectivity index (χ3n) is 7.78. The minimum atomic E-state index is -0.786.